The number of carbonyl (C=O) groups is 1. The summed E-state index contributed by atoms with van der Waals surface area (Å²) in [5, 5.41) is 3.22. The standard InChI is InChI=1S/C22H31N3O2/c1-3-11-24-19-6-4-5-7-20(19)25(22(24)27)12-10-21(26)23-15(2)18-14-16-8-9-17(18)13-16/h4-7,15-18H,3,8-14H2,1-2H3,(H,23,26). The van der Waals surface area contributed by atoms with Gasteiger partial charge in [0.2, 0.25) is 5.91 Å². The number of nitrogens with one attached hydrogen (secondary N) is 1. The summed E-state index contributed by atoms with van der Waals surface area (Å²) in [6.07, 6.45) is 6.61. The van der Waals surface area contributed by atoms with Crippen LogP contribution in [0, 0.1) is 17.8 Å². The largest absolute Gasteiger partial charge is 0.353 e. The van der Waals surface area contributed by atoms with Gasteiger partial charge in [-0.2, -0.15) is 0 Å². The van der Waals surface area contributed by atoms with Crippen LogP contribution in [0.2, 0.25) is 0 Å². The van der Waals surface area contributed by atoms with Gasteiger partial charge in [0.25, 0.3) is 0 Å². The van der Waals surface area contributed by atoms with E-state index in [1.807, 2.05) is 28.8 Å². The Labute approximate surface area is 160 Å². The van der Waals surface area contributed by atoms with E-state index in [1.54, 1.807) is 4.57 Å². The summed E-state index contributed by atoms with van der Waals surface area (Å²) in [4.78, 5) is 25.3. The van der Waals surface area contributed by atoms with Gasteiger partial charge in [0, 0.05) is 25.6 Å². The van der Waals surface area contributed by atoms with Gasteiger partial charge in [0.15, 0.2) is 0 Å². The number of hydrogen-bond donors (Lipinski definition) is 1. The van der Waals surface area contributed by atoms with Gasteiger partial charge in [0.05, 0.1) is 11.0 Å². The molecule has 1 aromatic heterocycles. The molecule has 4 unspecified atom stereocenters. The Morgan fingerprint density at radius 2 is 1.85 bits per heavy atom. The summed E-state index contributed by atoms with van der Waals surface area (Å²) in [7, 11) is 0. The van der Waals surface area contributed by atoms with Crippen LogP contribution in [0.25, 0.3) is 11.0 Å². The van der Waals surface area contributed by atoms with Crippen LogP contribution in [-0.4, -0.2) is 21.1 Å². The molecule has 0 radical (unpaired) electrons. The molecule has 2 aliphatic rings. The highest BCUT2D eigenvalue weighted by Crippen LogP contribution is 2.49. The lowest BCUT2D eigenvalue weighted by molar-refractivity contribution is -0.122. The zero-order valence-electron chi connectivity index (χ0n) is 16.5. The van der Waals surface area contributed by atoms with Crippen LogP contribution >= 0.6 is 0 Å². The van der Waals surface area contributed by atoms with Gasteiger partial charge in [-0.25, -0.2) is 4.79 Å². The Hall–Kier alpha value is -2.04. The van der Waals surface area contributed by atoms with Crippen LogP contribution in [0.15, 0.2) is 29.1 Å². The fourth-order valence-electron chi connectivity index (χ4n) is 5.48. The number of aryl methyl sites for hydroxylation is 2. The normalized spacial score (nSPS) is 25.2. The van der Waals surface area contributed by atoms with Crippen molar-refractivity contribution in [3.8, 4) is 0 Å². The van der Waals surface area contributed by atoms with Crippen LogP contribution in [-0.2, 0) is 17.9 Å². The lowest BCUT2D eigenvalue weighted by Gasteiger charge is -2.28. The second kappa shape index (κ2) is 7.53. The molecule has 2 fully saturated rings. The number of hydrogen-bond acceptors (Lipinski definition) is 2. The number of nitrogens with zero attached hydrogens (tertiary/aromatic N) is 2. The Morgan fingerprint density at radius 1 is 1.15 bits per heavy atom. The maximum absolute atomic E-state index is 12.8. The molecule has 5 heteroatoms. The molecule has 2 aromatic rings. The number of benzene rings is 1. The van der Waals surface area contributed by atoms with Crippen molar-refractivity contribution in [1.29, 1.82) is 0 Å². The molecule has 2 aliphatic carbocycles. The predicted octanol–water partition coefficient (Wildman–Crippen LogP) is 3.54. The molecule has 146 valence electrons. The van der Waals surface area contributed by atoms with E-state index in [4.69, 9.17) is 0 Å². The molecule has 1 N–H and O–H groups in total. The molecule has 27 heavy (non-hydrogen) atoms. The van der Waals surface area contributed by atoms with Crippen LogP contribution in [0.3, 0.4) is 0 Å². The highest BCUT2D eigenvalue weighted by Gasteiger charge is 2.42. The molecule has 0 spiro atoms. The van der Waals surface area contributed by atoms with E-state index in [2.05, 4.69) is 19.2 Å². The Morgan fingerprint density at radius 3 is 2.44 bits per heavy atom. The first-order chi connectivity index (χ1) is 13.1. The molecule has 2 bridgehead atoms. The average molecular weight is 370 g/mol. The van der Waals surface area contributed by atoms with Gasteiger partial charge >= 0.3 is 5.69 Å². The van der Waals surface area contributed by atoms with Crippen LogP contribution in [0.1, 0.15) is 52.4 Å². The van der Waals surface area contributed by atoms with E-state index in [1.165, 1.54) is 25.7 Å². The SMILES string of the molecule is CCCn1c(=O)n(CCC(=O)NC(C)C2CC3CCC2C3)c2ccccc21. The summed E-state index contributed by atoms with van der Waals surface area (Å²) >= 11 is 0. The number of amides is 1. The molecular weight excluding hydrogens is 338 g/mol. The summed E-state index contributed by atoms with van der Waals surface area (Å²) < 4.78 is 3.58. The monoisotopic (exact) mass is 369 g/mol. The van der Waals surface area contributed by atoms with E-state index >= 15 is 0 Å². The number of imidazole rings is 1. The first-order valence-electron chi connectivity index (χ1n) is 10.6. The van der Waals surface area contributed by atoms with Gasteiger partial charge in [-0.05, 0) is 62.5 Å². The smallest absolute Gasteiger partial charge is 0.329 e. The highest BCUT2D eigenvalue weighted by molar-refractivity contribution is 5.78. The highest BCUT2D eigenvalue weighted by atomic mass is 16.2. The zero-order chi connectivity index (χ0) is 19.0. The Bertz CT molecular complexity index is 881. The van der Waals surface area contributed by atoms with Crippen molar-refractivity contribution in [2.45, 2.75) is 71.5 Å². The van der Waals surface area contributed by atoms with Crippen molar-refractivity contribution in [2.75, 3.05) is 0 Å². The Balaban J connectivity index is 1.42. The van der Waals surface area contributed by atoms with Crippen LogP contribution in [0.5, 0.6) is 0 Å². The number of fused-ring (bicyclic) bond motifs is 3. The van der Waals surface area contributed by atoms with E-state index in [0.29, 0.717) is 25.4 Å². The van der Waals surface area contributed by atoms with E-state index in [-0.39, 0.29) is 17.6 Å². The van der Waals surface area contributed by atoms with Crippen molar-refractivity contribution in [2.24, 2.45) is 17.8 Å². The van der Waals surface area contributed by atoms with E-state index < -0.39 is 0 Å². The van der Waals surface area contributed by atoms with Crippen LogP contribution in [0.4, 0.5) is 0 Å². The number of rotatable bonds is 7. The molecule has 0 aliphatic heterocycles. The van der Waals surface area contributed by atoms with E-state index in [9.17, 15) is 9.59 Å². The third-order valence-corrected chi connectivity index (χ3v) is 6.76. The molecule has 1 amide bonds. The molecular formula is C22H31N3O2. The fraction of sp³-hybridized carbons (Fsp3) is 0.636. The van der Waals surface area contributed by atoms with Crippen LogP contribution < -0.4 is 11.0 Å². The van der Waals surface area contributed by atoms with Gasteiger partial charge in [0.1, 0.15) is 0 Å². The maximum Gasteiger partial charge on any atom is 0.329 e. The summed E-state index contributed by atoms with van der Waals surface area (Å²) in [5.74, 6) is 2.40. The second-order valence-electron chi connectivity index (χ2n) is 8.52. The lowest BCUT2D eigenvalue weighted by Crippen LogP contribution is -2.40. The van der Waals surface area contributed by atoms with Crippen molar-refractivity contribution >= 4 is 16.9 Å². The van der Waals surface area contributed by atoms with Crippen molar-refractivity contribution < 1.29 is 4.79 Å². The lowest BCUT2D eigenvalue weighted by atomic mass is 9.84. The average Bonchev–Trinajstić information content (AvgIpc) is 3.35. The maximum atomic E-state index is 12.8. The fourth-order valence-corrected chi connectivity index (χ4v) is 5.48. The molecule has 0 saturated heterocycles. The first kappa shape index (κ1) is 18.3. The quantitative estimate of drug-likeness (QED) is 0.811. The topological polar surface area (TPSA) is 56.0 Å². The van der Waals surface area contributed by atoms with Gasteiger partial charge in [-0.3, -0.25) is 13.9 Å². The van der Waals surface area contributed by atoms with Crippen molar-refractivity contribution in [3.63, 3.8) is 0 Å². The summed E-state index contributed by atoms with van der Waals surface area (Å²) in [6.45, 7) is 5.37. The summed E-state index contributed by atoms with van der Waals surface area (Å²) in [5.41, 5.74) is 1.87. The minimum absolute atomic E-state index is 0.00741. The molecule has 1 aromatic carbocycles. The van der Waals surface area contributed by atoms with Gasteiger partial charge in [-0.15, -0.1) is 0 Å². The molecule has 1 heterocycles. The third-order valence-electron chi connectivity index (χ3n) is 6.76. The number of para-hydroxylation sites is 2. The molecule has 4 atom stereocenters. The minimum Gasteiger partial charge on any atom is -0.353 e. The molecule has 4 rings (SSSR count). The van der Waals surface area contributed by atoms with Gasteiger partial charge in [-0.1, -0.05) is 25.5 Å². The second-order valence-corrected chi connectivity index (χ2v) is 8.52. The third kappa shape index (κ3) is 3.44. The molecule has 5 nitrogen and oxygen atoms in total. The van der Waals surface area contributed by atoms with Crippen molar-refractivity contribution in [1.82, 2.24) is 14.5 Å². The minimum atomic E-state index is -0.00741. The van der Waals surface area contributed by atoms with Crippen molar-refractivity contribution in [3.05, 3.63) is 34.7 Å². The summed E-state index contributed by atoms with van der Waals surface area (Å²) in [6, 6.07) is 8.11. The van der Waals surface area contributed by atoms with Gasteiger partial charge < -0.3 is 5.32 Å². The van der Waals surface area contributed by atoms with E-state index in [0.717, 1.165) is 29.3 Å². The number of aromatic nitrogens is 2. The Kier molecular flexibility index (Phi) is 5.11. The predicted molar refractivity (Wildman–Crippen MR) is 108 cm³/mol. The zero-order valence-corrected chi connectivity index (χ0v) is 16.5. The first-order valence-corrected chi connectivity index (χ1v) is 10.6. The molecule has 2 saturated carbocycles. The number of carbonyl (C=O) groups excluding carboxylic acids is 1.